The van der Waals surface area contributed by atoms with Crippen LogP contribution in [0.25, 0.3) is 44.8 Å². The van der Waals surface area contributed by atoms with Gasteiger partial charge in [0.05, 0.1) is 5.75 Å². The number of hydrogen-bond donors (Lipinski definition) is 0. The predicted molar refractivity (Wildman–Crippen MR) is 185 cm³/mol. The number of rotatable bonds is 3. The van der Waals surface area contributed by atoms with Crippen LogP contribution >= 0.6 is 0 Å². The number of aromatic nitrogens is 2. The minimum atomic E-state index is -2.61. The van der Waals surface area contributed by atoms with E-state index in [1.54, 1.807) is 12.3 Å². The third-order valence-electron chi connectivity index (χ3n) is 7.08. The Balaban J connectivity index is 0.000000223. The smallest absolute Gasteiger partial charge is 0.122 e. The maximum Gasteiger partial charge on any atom is 0.122 e. The standard InChI is InChI=1S/C28H24NO.C14H14N.Ir/c1-28(2,3)18-19-14-15-29-25(16-19)20-12-13-27-24(17-20)22-9-5-4-8-21(22)23-10-6-7-11-26(23)30-27;1-10-4-6-13(7-5-10)14-8-11(2)12(3)9-15-14;/h4-11,13-17H,18H2,1-3H3;4-6,8-9H,1-3H3;/q2*-1;/i18D2;1D3,2D3,3D3;. The van der Waals surface area contributed by atoms with Gasteiger partial charge in [0.2, 0.25) is 0 Å². The number of aryl methyl sites for hydroxylation is 3. The summed E-state index contributed by atoms with van der Waals surface area (Å²) < 4.78 is 90.5. The fourth-order valence-corrected chi connectivity index (χ4v) is 5.05. The number of hydrogen-bond acceptors (Lipinski definition) is 3. The zero-order valence-electron chi connectivity index (χ0n) is 36.5. The maximum atomic E-state index is 8.64. The Hall–Kier alpha value is -4.37. The molecule has 3 heterocycles. The summed E-state index contributed by atoms with van der Waals surface area (Å²) in [7, 11) is 0. The van der Waals surface area contributed by atoms with Crippen LogP contribution in [0, 0.1) is 38.1 Å². The fourth-order valence-electron chi connectivity index (χ4n) is 5.05. The number of fused-ring (bicyclic) bond motifs is 5. The van der Waals surface area contributed by atoms with Crippen molar-refractivity contribution in [3.63, 3.8) is 0 Å². The Morgan fingerprint density at radius 2 is 1.41 bits per heavy atom. The summed E-state index contributed by atoms with van der Waals surface area (Å²) >= 11 is 0. The maximum absolute atomic E-state index is 8.64. The molecule has 0 bridgehead atoms. The molecule has 1 radical (unpaired) electrons. The molecule has 0 saturated heterocycles. The van der Waals surface area contributed by atoms with Crippen molar-refractivity contribution in [1.29, 1.82) is 0 Å². The van der Waals surface area contributed by atoms with Gasteiger partial charge in [-0.15, -0.1) is 59.2 Å². The van der Waals surface area contributed by atoms with Crippen LogP contribution in [0.15, 0.2) is 109 Å². The molecule has 2 aromatic heterocycles. The molecular weight excluding hydrogens is 741 g/mol. The van der Waals surface area contributed by atoms with Crippen molar-refractivity contribution in [2.75, 3.05) is 0 Å². The SMILES string of the molecule is [2H]C([2H])([2H])c1c[c-]c(-c2cc(C([2H])([2H])[2H])c(C([2H])([2H])[2H])cn2)cc1.[2H]C([2H])(c1ccnc(-c2[c-]cc3c(c2)-c2ccccc2-c2ccccc2O3)c1)C(C)(C)C.[Ir]. The van der Waals surface area contributed by atoms with Gasteiger partial charge in [-0.25, -0.2) is 0 Å². The van der Waals surface area contributed by atoms with E-state index in [0.717, 1.165) is 45.5 Å². The van der Waals surface area contributed by atoms with E-state index in [2.05, 4.69) is 40.3 Å². The van der Waals surface area contributed by atoms with Crippen molar-refractivity contribution < 1.29 is 39.9 Å². The molecule has 4 aromatic carbocycles. The van der Waals surface area contributed by atoms with E-state index in [9.17, 15) is 0 Å². The van der Waals surface area contributed by atoms with Gasteiger partial charge in [0, 0.05) is 53.1 Å². The van der Waals surface area contributed by atoms with Gasteiger partial charge in [-0.05, 0) is 65.7 Å². The van der Waals surface area contributed by atoms with Crippen molar-refractivity contribution in [3.8, 4) is 56.3 Å². The average molecular weight is 790 g/mol. The van der Waals surface area contributed by atoms with Crippen LogP contribution in [-0.4, -0.2) is 9.97 Å². The molecule has 233 valence electrons. The molecular formula is C42H38IrN2O-2. The van der Waals surface area contributed by atoms with E-state index in [4.69, 9.17) is 19.8 Å². The molecule has 3 nitrogen and oxygen atoms in total. The van der Waals surface area contributed by atoms with Gasteiger partial charge in [-0.1, -0.05) is 98.9 Å². The number of benzene rings is 4. The monoisotopic (exact) mass is 790 g/mol. The Labute approximate surface area is 302 Å². The van der Waals surface area contributed by atoms with Gasteiger partial charge in [-0.2, -0.15) is 0 Å². The minimum Gasteiger partial charge on any atom is -0.500 e. The van der Waals surface area contributed by atoms with Crippen molar-refractivity contribution in [1.82, 2.24) is 9.97 Å². The van der Waals surface area contributed by atoms with E-state index in [1.807, 2.05) is 69.3 Å². The molecule has 7 rings (SSSR count). The van der Waals surface area contributed by atoms with Crippen molar-refractivity contribution >= 4 is 0 Å². The van der Waals surface area contributed by atoms with E-state index in [-0.39, 0.29) is 42.5 Å². The Bertz CT molecular complexity index is 2380. The molecule has 0 N–H and O–H groups in total. The summed E-state index contributed by atoms with van der Waals surface area (Å²) in [6.07, 6.45) is 1.21. The molecule has 0 saturated carbocycles. The zero-order chi connectivity index (χ0) is 40.8. The number of nitrogens with zero attached hydrogens (tertiary/aromatic N) is 2. The second kappa shape index (κ2) is 14.0. The topological polar surface area (TPSA) is 35.0 Å². The first-order valence-electron chi connectivity index (χ1n) is 20.0. The van der Waals surface area contributed by atoms with Crippen LogP contribution in [0.2, 0.25) is 0 Å². The van der Waals surface area contributed by atoms with Crippen LogP contribution in [0.5, 0.6) is 11.5 Å². The summed E-state index contributed by atoms with van der Waals surface area (Å²) in [5, 5.41) is 0. The molecule has 46 heavy (non-hydrogen) atoms. The van der Waals surface area contributed by atoms with Gasteiger partial charge < -0.3 is 14.7 Å². The quantitative estimate of drug-likeness (QED) is 0.167. The van der Waals surface area contributed by atoms with Crippen LogP contribution in [-0.2, 0) is 26.5 Å². The summed E-state index contributed by atoms with van der Waals surface area (Å²) in [6, 6.07) is 35.2. The van der Waals surface area contributed by atoms with Gasteiger partial charge >= 0.3 is 0 Å². The largest absolute Gasteiger partial charge is 0.500 e. The van der Waals surface area contributed by atoms with E-state index in [0.29, 0.717) is 16.8 Å². The number of ether oxygens (including phenoxy) is 1. The first-order chi connectivity index (χ1) is 26.1. The van der Waals surface area contributed by atoms with E-state index < -0.39 is 32.3 Å². The zero-order valence-corrected chi connectivity index (χ0v) is 27.9. The van der Waals surface area contributed by atoms with Gasteiger partial charge in [0.1, 0.15) is 5.75 Å². The molecule has 4 heteroatoms. The van der Waals surface area contributed by atoms with Crippen LogP contribution < -0.4 is 4.74 Å². The molecule has 1 aliphatic heterocycles. The molecule has 0 amide bonds. The minimum absolute atomic E-state index is 0. The van der Waals surface area contributed by atoms with Crippen molar-refractivity contribution in [2.24, 2.45) is 5.41 Å². The first-order valence-corrected chi connectivity index (χ1v) is 14.5. The number of pyridine rings is 2. The van der Waals surface area contributed by atoms with Gasteiger partial charge in [0.15, 0.2) is 0 Å². The van der Waals surface area contributed by atoms with E-state index >= 15 is 0 Å². The summed E-state index contributed by atoms with van der Waals surface area (Å²) in [5.41, 5.74) is 5.86. The second-order valence-corrected chi connectivity index (χ2v) is 11.7. The average Bonchev–Trinajstić information content (AvgIpc) is 3.28. The van der Waals surface area contributed by atoms with Crippen LogP contribution in [0.4, 0.5) is 0 Å². The second-order valence-electron chi connectivity index (χ2n) is 11.7. The molecule has 0 unspecified atom stereocenters. The normalized spacial score (nSPS) is 16.0. The molecule has 6 aromatic rings. The summed E-state index contributed by atoms with van der Waals surface area (Å²) in [6.45, 7) is -1.74. The Morgan fingerprint density at radius 3 is 2.13 bits per heavy atom. The first kappa shape index (κ1) is 21.4. The molecule has 0 fully saturated rings. The third-order valence-corrected chi connectivity index (χ3v) is 7.08. The predicted octanol–water partition coefficient (Wildman–Crippen LogP) is 11.0. The van der Waals surface area contributed by atoms with Crippen LogP contribution in [0.1, 0.15) is 58.1 Å². The molecule has 0 atom stereocenters. The Kier molecular flexibility index (Phi) is 6.50. The third kappa shape index (κ3) is 7.53. The van der Waals surface area contributed by atoms with Gasteiger partial charge in [-0.3, -0.25) is 0 Å². The number of para-hydroxylation sites is 1. The van der Waals surface area contributed by atoms with Gasteiger partial charge in [0.25, 0.3) is 0 Å². The van der Waals surface area contributed by atoms with Crippen molar-refractivity contribution in [2.45, 2.75) is 47.7 Å². The fraction of sp³-hybridized carbons (Fsp3) is 0.190. The Morgan fingerprint density at radius 1 is 0.696 bits per heavy atom. The van der Waals surface area contributed by atoms with Crippen LogP contribution in [0.3, 0.4) is 0 Å². The van der Waals surface area contributed by atoms with E-state index in [1.165, 1.54) is 24.3 Å². The molecule has 1 aliphatic rings. The van der Waals surface area contributed by atoms with Crippen molar-refractivity contribution in [3.05, 3.63) is 144 Å². The summed E-state index contributed by atoms with van der Waals surface area (Å²) in [4.78, 5) is 8.53. The molecule has 0 spiro atoms. The molecule has 0 aliphatic carbocycles. The summed E-state index contributed by atoms with van der Waals surface area (Å²) in [5.74, 6) is 1.56.